The van der Waals surface area contributed by atoms with E-state index in [4.69, 9.17) is 21.1 Å². The summed E-state index contributed by atoms with van der Waals surface area (Å²) in [5, 5.41) is 0.374. The second-order valence-electron chi connectivity index (χ2n) is 9.24. The highest BCUT2D eigenvalue weighted by Crippen LogP contribution is 2.31. The Morgan fingerprint density at radius 2 is 2.00 bits per heavy atom. The van der Waals surface area contributed by atoms with E-state index in [2.05, 4.69) is 40.3 Å². The highest BCUT2D eigenvalue weighted by molar-refractivity contribution is 6.30. The minimum Gasteiger partial charge on any atom is -0.473 e. The average molecular weight is 481 g/mol. The van der Waals surface area contributed by atoms with Crippen LogP contribution in [-0.4, -0.2) is 42.2 Å². The summed E-state index contributed by atoms with van der Waals surface area (Å²) in [6.45, 7) is 4.02. The van der Waals surface area contributed by atoms with Crippen molar-refractivity contribution in [2.45, 2.75) is 32.0 Å². The zero-order valence-corrected chi connectivity index (χ0v) is 20.0. The Hall–Kier alpha value is -2.47. The minimum absolute atomic E-state index is 0.114. The molecule has 3 aliphatic rings. The summed E-state index contributed by atoms with van der Waals surface area (Å²) in [6, 6.07) is 10.4. The lowest BCUT2D eigenvalue weighted by Gasteiger charge is -2.36. The number of hydrogen-bond acceptors (Lipinski definition) is 4. The Morgan fingerprint density at radius 3 is 2.74 bits per heavy atom. The molecule has 3 unspecified atom stereocenters. The molecule has 3 atom stereocenters. The van der Waals surface area contributed by atoms with E-state index in [1.165, 1.54) is 18.1 Å². The Balaban J connectivity index is 1.17. The number of pyridine rings is 1. The first kappa shape index (κ1) is 23.3. The topological polar surface area (TPSA) is 34.6 Å². The van der Waals surface area contributed by atoms with Gasteiger partial charge in [-0.2, -0.15) is 0 Å². The van der Waals surface area contributed by atoms with Crippen LogP contribution in [0, 0.1) is 17.7 Å². The van der Waals surface area contributed by atoms with Crippen LogP contribution in [0.2, 0.25) is 5.02 Å². The van der Waals surface area contributed by atoms with E-state index < -0.39 is 0 Å². The van der Waals surface area contributed by atoms with Gasteiger partial charge >= 0.3 is 0 Å². The van der Waals surface area contributed by atoms with Crippen molar-refractivity contribution in [2.24, 2.45) is 11.8 Å². The van der Waals surface area contributed by atoms with Crippen molar-refractivity contribution in [1.82, 2.24) is 9.88 Å². The Bertz CT molecular complexity index is 1100. The normalized spacial score (nSPS) is 24.5. The maximum atomic E-state index is 14.0. The van der Waals surface area contributed by atoms with E-state index in [1.54, 1.807) is 12.1 Å². The lowest BCUT2D eigenvalue weighted by Crippen LogP contribution is -2.37. The summed E-state index contributed by atoms with van der Waals surface area (Å²) in [6.07, 6.45) is 15.0. The first-order valence-electron chi connectivity index (χ1n) is 12.1. The van der Waals surface area contributed by atoms with Crippen LogP contribution in [0.15, 0.2) is 66.8 Å². The molecule has 0 amide bonds. The van der Waals surface area contributed by atoms with Crippen molar-refractivity contribution in [1.29, 1.82) is 0 Å². The van der Waals surface area contributed by atoms with E-state index in [0.29, 0.717) is 34.4 Å². The van der Waals surface area contributed by atoms with Gasteiger partial charge in [0.25, 0.3) is 0 Å². The SMILES string of the molecule is Fc1cc(Cl)ccc1COc1cccc(C2=CCN(CC3C=CC=CC3CC3CCO3)CC2)n1. The second-order valence-corrected chi connectivity index (χ2v) is 9.68. The van der Waals surface area contributed by atoms with Crippen LogP contribution in [0.25, 0.3) is 5.57 Å². The minimum atomic E-state index is -0.371. The Labute approximate surface area is 205 Å². The fourth-order valence-corrected chi connectivity index (χ4v) is 4.95. The van der Waals surface area contributed by atoms with Gasteiger partial charge in [-0.25, -0.2) is 9.37 Å². The zero-order valence-electron chi connectivity index (χ0n) is 19.2. The summed E-state index contributed by atoms with van der Waals surface area (Å²) < 4.78 is 25.5. The Morgan fingerprint density at radius 1 is 1.15 bits per heavy atom. The summed E-state index contributed by atoms with van der Waals surface area (Å²) in [4.78, 5) is 7.19. The molecular formula is C28H30ClFN2O2. The number of rotatable bonds is 8. The summed E-state index contributed by atoms with van der Waals surface area (Å²) in [5.74, 6) is 1.22. The fourth-order valence-electron chi connectivity index (χ4n) is 4.80. The van der Waals surface area contributed by atoms with Gasteiger partial charge in [-0.1, -0.05) is 54.1 Å². The molecule has 2 aliphatic heterocycles. The van der Waals surface area contributed by atoms with E-state index in [0.717, 1.165) is 44.8 Å². The first-order chi connectivity index (χ1) is 16.6. The zero-order chi connectivity index (χ0) is 23.3. The van der Waals surface area contributed by atoms with Crippen molar-refractivity contribution in [3.63, 3.8) is 0 Å². The molecular weight excluding hydrogens is 451 g/mol. The number of hydrogen-bond donors (Lipinski definition) is 0. The molecule has 2 aromatic rings. The van der Waals surface area contributed by atoms with Crippen LogP contribution >= 0.6 is 11.6 Å². The van der Waals surface area contributed by atoms with Gasteiger partial charge in [0.05, 0.1) is 11.8 Å². The third kappa shape index (κ3) is 5.77. The Kier molecular flexibility index (Phi) is 7.43. The highest BCUT2D eigenvalue weighted by Gasteiger charge is 2.28. The van der Waals surface area contributed by atoms with Crippen LogP contribution in [0.3, 0.4) is 0 Å². The van der Waals surface area contributed by atoms with Gasteiger partial charge in [0.1, 0.15) is 12.4 Å². The quantitative estimate of drug-likeness (QED) is 0.458. The van der Waals surface area contributed by atoms with Gasteiger partial charge in [0.2, 0.25) is 5.88 Å². The van der Waals surface area contributed by atoms with Gasteiger partial charge in [-0.3, -0.25) is 4.90 Å². The third-order valence-electron chi connectivity index (χ3n) is 6.91. The molecule has 0 bridgehead atoms. The van der Waals surface area contributed by atoms with Crippen LogP contribution in [0.4, 0.5) is 4.39 Å². The van der Waals surface area contributed by atoms with Gasteiger partial charge in [0, 0.05) is 42.9 Å². The van der Waals surface area contributed by atoms with Crippen molar-refractivity contribution in [3.05, 3.63) is 88.9 Å². The predicted molar refractivity (Wildman–Crippen MR) is 133 cm³/mol. The number of allylic oxidation sites excluding steroid dienone is 3. The van der Waals surface area contributed by atoms with Crippen LogP contribution in [0.5, 0.6) is 5.88 Å². The standard InChI is InChI=1S/C28H30ClFN2O2/c29-24-9-8-23(26(30)17-24)19-34-28-7-3-6-27(31-28)20-10-13-32(14-11-20)18-22-5-2-1-4-21(22)16-25-12-15-33-25/h1-10,17,21-22,25H,11-16,18-19H2. The first-order valence-corrected chi connectivity index (χ1v) is 12.4. The van der Waals surface area contributed by atoms with Crippen molar-refractivity contribution in [2.75, 3.05) is 26.2 Å². The molecule has 0 saturated carbocycles. The van der Waals surface area contributed by atoms with Crippen LogP contribution in [-0.2, 0) is 11.3 Å². The van der Waals surface area contributed by atoms with Crippen LogP contribution in [0.1, 0.15) is 30.5 Å². The lowest BCUT2D eigenvalue weighted by atomic mass is 9.82. The molecule has 34 heavy (non-hydrogen) atoms. The molecule has 6 heteroatoms. The molecule has 0 radical (unpaired) electrons. The molecule has 1 saturated heterocycles. The van der Waals surface area contributed by atoms with Crippen molar-refractivity contribution >= 4 is 17.2 Å². The summed E-state index contributed by atoms with van der Waals surface area (Å²) in [7, 11) is 0. The fraction of sp³-hybridized carbons (Fsp3) is 0.393. The maximum Gasteiger partial charge on any atom is 0.214 e. The molecule has 1 aliphatic carbocycles. The molecule has 1 fully saturated rings. The largest absolute Gasteiger partial charge is 0.473 e. The molecule has 5 rings (SSSR count). The highest BCUT2D eigenvalue weighted by atomic mass is 35.5. The summed E-state index contributed by atoms with van der Waals surface area (Å²) in [5.41, 5.74) is 2.62. The number of aromatic nitrogens is 1. The van der Waals surface area contributed by atoms with E-state index in [9.17, 15) is 4.39 Å². The molecule has 1 aromatic carbocycles. The van der Waals surface area contributed by atoms with Gasteiger partial charge in [-0.05, 0) is 54.9 Å². The van der Waals surface area contributed by atoms with Gasteiger partial charge in [-0.15, -0.1) is 0 Å². The van der Waals surface area contributed by atoms with E-state index >= 15 is 0 Å². The number of halogens is 2. The van der Waals surface area contributed by atoms with Gasteiger partial charge in [0.15, 0.2) is 0 Å². The predicted octanol–water partition coefficient (Wildman–Crippen LogP) is 6.08. The van der Waals surface area contributed by atoms with E-state index in [-0.39, 0.29) is 12.4 Å². The summed E-state index contributed by atoms with van der Waals surface area (Å²) >= 11 is 5.83. The number of nitrogens with zero attached hydrogens (tertiary/aromatic N) is 2. The lowest BCUT2D eigenvalue weighted by molar-refractivity contribution is -0.0627. The molecule has 3 heterocycles. The molecule has 1 aromatic heterocycles. The second kappa shape index (κ2) is 10.9. The molecule has 4 nitrogen and oxygen atoms in total. The smallest absolute Gasteiger partial charge is 0.214 e. The molecule has 0 spiro atoms. The van der Waals surface area contributed by atoms with Crippen molar-refractivity contribution < 1.29 is 13.9 Å². The van der Waals surface area contributed by atoms with E-state index in [1.807, 2.05) is 18.2 Å². The maximum absolute atomic E-state index is 14.0. The number of ether oxygens (including phenoxy) is 2. The third-order valence-corrected chi connectivity index (χ3v) is 7.15. The van der Waals surface area contributed by atoms with Crippen molar-refractivity contribution in [3.8, 4) is 5.88 Å². The molecule has 0 N–H and O–H groups in total. The molecule has 178 valence electrons. The monoisotopic (exact) mass is 480 g/mol. The number of benzene rings is 1. The van der Waals surface area contributed by atoms with Crippen LogP contribution < -0.4 is 4.74 Å². The van der Waals surface area contributed by atoms with Gasteiger partial charge < -0.3 is 9.47 Å². The average Bonchev–Trinajstić information content (AvgIpc) is 2.82.